The van der Waals surface area contributed by atoms with Gasteiger partial charge in [0, 0.05) is 6.54 Å². The monoisotopic (exact) mass is 168 g/mol. The van der Waals surface area contributed by atoms with Crippen LogP contribution in [0.2, 0.25) is 0 Å². The van der Waals surface area contributed by atoms with Gasteiger partial charge >= 0.3 is 0 Å². The standard InChI is InChI=1S/C10H20N2/c1-12(2)7-9-4-3-8-5-11-6-10(8)9/h8-11H,3-7H2,1-2H3/t8?,9-,10?/m0/s1. The Balaban J connectivity index is 1.91. The van der Waals surface area contributed by atoms with E-state index < -0.39 is 0 Å². The summed E-state index contributed by atoms with van der Waals surface area (Å²) in [5.74, 6) is 2.97. The molecular weight excluding hydrogens is 148 g/mol. The summed E-state index contributed by atoms with van der Waals surface area (Å²) < 4.78 is 0. The summed E-state index contributed by atoms with van der Waals surface area (Å²) in [4.78, 5) is 2.34. The van der Waals surface area contributed by atoms with Crippen LogP contribution in [-0.2, 0) is 0 Å². The Morgan fingerprint density at radius 1 is 1.25 bits per heavy atom. The van der Waals surface area contributed by atoms with Crippen molar-refractivity contribution in [2.75, 3.05) is 33.7 Å². The van der Waals surface area contributed by atoms with Gasteiger partial charge in [0.15, 0.2) is 0 Å². The first-order valence-corrected chi connectivity index (χ1v) is 5.13. The maximum absolute atomic E-state index is 3.51. The van der Waals surface area contributed by atoms with Gasteiger partial charge in [0.05, 0.1) is 0 Å². The molecule has 0 spiro atoms. The molecule has 1 saturated carbocycles. The van der Waals surface area contributed by atoms with Gasteiger partial charge in [-0.2, -0.15) is 0 Å². The molecule has 0 aromatic heterocycles. The lowest BCUT2D eigenvalue weighted by molar-refractivity contribution is 0.272. The molecule has 2 heteroatoms. The minimum Gasteiger partial charge on any atom is -0.316 e. The molecular formula is C10H20N2. The third kappa shape index (κ3) is 1.50. The van der Waals surface area contributed by atoms with E-state index in [1.807, 2.05) is 0 Å². The Bertz CT molecular complexity index is 156. The Hall–Kier alpha value is -0.0800. The van der Waals surface area contributed by atoms with E-state index in [9.17, 15) is 0 Å². The summed E-state index contributed by atoms with van der Waals surface area (Å²) in [6.45, 7) is 3.86. The fourth-order valence-electron chi connectivity index (χ4n) is 2.96. The third-order valence-corrected chi connectivity index (χ3v) is 3.51. The largest absolute Gasteiger partial charge is 0.316 e. The molecule has 1 N–H and O–H groups in total. The third-order valence-electron chi connectivity index (χ3n) is 3.51. The fraction of sp³-hybridized carbons (Fsp3) is 1.00. The predicted octanol–water partition coefficient (Wildman–Crippen LogP) is 0.794. The number of rotatable bonds is 2. The molecule has 2 rings (SSSR count). The molecule has 0 amide bonds. The van der Waals surface area contributed by atoms with Crippen molar-refractivity contribution in [1.82, 2.24) is 10.2 Å². The van der Waals surface area contributed by atoms with Gasteiger partial charge in [0.2, 0.25) is 0 Å². The van der Waals surface area contributed by atoms with Crippen LogP contribution in [0.1, 0.15) is 12.8 Å². The van der Waals surface area contributed by atoms with Gasteiger partial charge in [-0.15, -0.1) is 0 Å². The highest BCUT2D eigenvalue weighted by atomic mass is 15.1. The summed E-state index contributed by atoms with van der Waals surface area (Å²) >= 11 is 0. The van der Waals surface area contributed by atoms with Crippen LogP contribution < -0.4 is 5.32 Å². The fourth-order valence-corrected chi connectivity index (χ4v) is 2.96. The SMILES string of the molecule is CN(C)C[C@@H]1CCC2CNCC21. The van der Waals surface area contributed by atoms with Crippen molar-refractivity contribution in [3.63, 3.8) is 0 Å². The van der Waals surface area contributed by atoms with Gasteiger partial charge in [-0.25, -0.2) is 0 Å². The number of nitrogens with zero attached hydrogens (tertiary/aromatic N) is 1. The Kier molecular flexibility index (Phi) is 2.37. The van der Waals surface area contributed by atoms with Crippen LogP contribution in [0.25, 0.3) is 0 Å². The van der Waals surface area contributed by atoms with E-state index in [0.717, 1.165) is 17.8 Å². The number of nitrogens with one attached hydrogen (secondary N) is 1. The molecule has 1 saturated heterocycles. The lowest BCUT2D eigenvalue weighted by atomic mass is 9.92. The highest BCUT2D eigenvalue weighted by molar-refractivity contribution is 4.92. The Morgan fingerprint density at radius 2 is 2.08 bits per heavy atom. The smallest absolute Gasteiger partial charge is 0.000680 e. The van der Waals surface area contributed by atoms with Gasteiger partial charge < -0.3 is 10.2 Å². The first kappa shape index (κ1) is 8.52. The lowest BCUT2D eigenvalue weighted by Crippen LogP contribution is -2.27. The summed E-state index contributed by atoms with van der Waals surface area (Å²) in [5, 5.41) is 3.51. The van der Waals surface area contributed by atoms with Gasteiger partial charge in [-0.05, 0) is 57.8 Å². The summed E-state index contributed by atoms with van der Waals surface area (Å²) in [7, 11) is 4.38. The molecule has 70 valence electrons. The zero-order valence-corrected chi connectivity index (χ0v) is 8.21. The predicted molar refractivity (Wildman–Crippen MR) is 51.1 cm³/mol. The minimum atomic E-state index is 0.972. The molecule has 0 aromatic carbocycles. The van der Waals surface area contributed by atoms with E-state index in [4.69, 9.17) is 0 Å². The molecule has 2 nitrogen and oxygen atoms in total. The normalized spacial score (nSPS) is 40.8. The van der Waals surface area contributed by atoms with Crippen molar-refractivity contribution in [2.24, 2.45) is 17.8 Å². The van der Waals surface area contributed by atoms with Gasteiger partial charge in [-0.1, -0.05) is 0 Å². The Labute approximate surface area is 75.3 Å². The molecule has 1 heterocycles. The first-order chi connectivity index (χ1) is 5.77. The molecule has 0 radical (unpaired) electrons. The molecule has 2 unspecified atom stereocenters. The average molecular weight is 168 g/mol. The minimum absolute atomic E-state index is 0.972. The zero-order chi connectivity index (χ0) is 8.55. The van der Waals surface area contributed by atoms with Gasteiger partial charge in [-0.3, -0.25) is 0 Å². The van der Waals surface area contributed by atoms with Gasteiger partial charge in [0.25, 0.3) is 0 Å². The van der Waals surface area contributed by atoms with Gasteiger partial charge in [0.1, 0.15) is 0 Å². The van der Waals surface area contributed by atoms with Crippen LogP contribution in [0.15, 0.2) is 0 Å². The van der Waals surface area contributed by atoms with Crippen LogP contribution in [0.4, 0.5) is 0 Å². The van der Waals surface area contributed by atoms with Crippen molar-refractivity contribution >= 4 is 0 Å². The molecule has 1 aliphatic heterocycles. The second kappa shape index (κ2) is 3.35. The number of hydrogen-bond acceptors (Lipinski definition) is 2. The molecule has 12 heavy (non-hydrogen) atoms. The van der Waals surface area contributed by atoms with Crippen LogP contribution in [0.3, 0.4) is 0 Å². The molecule has 2 fully saturated rings. The summed E-state index contributed by atoms with van der Waals surface area (Å²) in [6, 6.07) is 0. The first-order valence-electron chi connectivity index (χ1n) is 5.13. The quantitative estimate of drug-likeness (QED) is 0.656. The highest BCUT2D eigenvalue weighted by Crippen LogP contribution is 2.39. The number of fused-ring (bicyclic) bond motifs is 1. The topological polar surface area (TPSA) is 15.3 Å². The Morgan fingerprint density at radius 3 is 2.83 bits per heavy atom. The average Bonchev–Trinajstić information content (AvgIpc) is 2.52. The van der Waals surface area contributed by atoms with Crippen molar-refractivity contribution in [3.8, 4) is 0 Å². The highest BCUT2D eigenvalue weighted by Gasteiger charge is 2.38. The van der Waals surface area contributed by atoms with E-state index in [-0.39, 0.29) is 0 Å². The molecule has 0 aromatic rings. The molecule has 2 aliphatic rings. The van der Waals surface area contributed by atoms with E-state index >= 15 is 0 Å². The van der Waals surface area contributed by atoms with Crippen molar-refractivity contribution in [2.45, 2.75) is 12.8 Å². The second-order valence-electron chi connectivity index (χ2n) is 4.68. The van der Waals surface area contributed by atoms with Crippen LogP contribution >= 0.6 is 0 Å². The van der Waals surface area contributed by atoms with E-state index in [2.05, 4.69) is 24.3 Å². The lowest BCUT2D eigenvalue weighted by Gasteiger charge is -2.21. The number of hydrogen-bond donors (Lipinski definition) is 1. The molecule has 0 bridgehead atoms. The van der Waals surface area contributed by atoms with Crippen LogP contribution in [0.5, 0.6) is 0 Å². The van der Waals surface area contributed by atoms with Crippen molar-refractivity contribution in [3.05, 3.63) is 0 Å². The zero-order valence-electron chi connectivity index (χ0n) is 8.21. The van der Waals surface area contributed by atoms with Crippen molar-refractivity contribution < 1.29 is 0 Å². The summed E-state index contributed by atoms with van der Waals surface area (Å²) in [5.41, 5.74) is 0. The molecule has 1 aliphatic carbocycles. The van der Waals surface area contributed by atoms with E-state index in [1.165, 1.54) is 32.5 Å². The van der Waals surface area contributed by atoms with Crippen molar-refractivity contribution in [1.29, 1.82) is 0 Å². The van der Waals surface area contributed by atoms with E-state index in [0.29, 0.717) is 0 Å². The summed E-state index contributed by atoms with van der Waals surface area (Å²) in [6.07, 6.45) is 2.94. The second-order valence-corrected chi connectivity index (χ2v) is 4.68. The maximum atomic E-state index is 3.51. The van der Waals surface area contributed by atoms with Crippen LogP contribution in [0, 0.1) is 17.8 Å². The molecule has 3 atom stereocenters. The van der Waals surface area contributed by atoms with Crippen LogP contribution in [-0.4, -0.2) is 38.6 Å². The van der Waals surface area contributed by atoms with E-state index in [1.54, 1.807) is 0 Å². The maximum Gasteiger partial charge on any atom is 0.000680 e.